The number of carboxylic acids is 1. The summed E-state index contributed by atoms with van der Waals surface area (Å²) in [6.07, 6.45) is 1.54. The van der Waals surface area contributed by atoms with Crippen molar-refractivity contribution in [2.75, 3.05) is 5.73 Å². The Hall–Kier alpha value is -3.44. The lowest BCUT2D eigenvalue weighted by atomic mass is 10.1. The fraction of sp³-hybridized carbons (Fsp3) is 0.176. The smallest absolute Gasteiger partial charge is 0.348 e. The van der Waals surface area contributed by atoms with Crippen LogP contribution in [-0.2, 0) is 4.79 Å². The molecule has 0 fully saturated rings. The summed E-state index contributed by atoms with van der Waals surface area (Å²) < 4.78 is 1.61. The maximum Gasteiger partial charge on any atom is 0.348 e. The molecule has 0 aliphatic carbocycles. The summed E-state index contributed by atoms with van der Waals surface area (Å²) in [4.78, 5) is 19.0. The molecule has 4 N–H and O–H groups in total. The van der Waals surface area contributed by atoms with Crippen LogP contribution in [0.3, 0.4) is 0 Å². The van der Waals surface area contributed by atoms with Gasteiger partial charge in [-0.1, -0.05) is 11.8 Å². The van der Waals surface area contributed by atoms with Gasteiger partial charge in [0, 0.05) is 23.2 Å². The summed E-state index contributed by atoms with van der Waals surface area (Å²) in [5, 5.41) is 24.0. The minimum Gasteiger partial charge on any atom is -0.478 e. The molecule has 1 atom stereocenters. The number of aryl methyl sites for hydroxylation is 1. The molecule has 1 unspecified atom stereocenters. The summed E-state index contributed by atoms with van der Waals surface area (Å²) in [5.74, 6) is 4.26. The van der Waals surface area contributed by atoms with Crippen LogP contribution in [0.5, 0.6) is 0 Å². The molecule has 25 heavy (non-hydrogen) atoms. The molecule has 0 saturated carbocycles. The van der Waals surface area contributed by atoms with Crippen LogP contribution in [0.25, 0.3) is 16.7 Å². The monoisotopic (exact) mass is 337 g/mol. The highest BCUT2D eigenvalue weighted by atomic mass is 16.4. The van der Waals surface area contributed by atoms with Crippen LogP contribution >= 0.6 is 0 Å². The van der Waals surface area contributed by atoms with Crippen LogP contribution < -0.4 is 5.73 Å². The van der Waals surface area contributed by atoms with E-state index in [0.29, 0.717) is 11.4 Å². The number of aromatic nitrogens is 4. The van der Waals surface area contributed by atoms with Crippen molar-refractivity contribution in [2.45, 2.75) is 19.4 Å². The Labute approximate surface area is 142 Å². The van der Waals surface area contributed by atoms with Gasteiger partial charge in [-0.25, -0.2) is 14.5 Å². The first-order chi connectivity index (χ1) is 11.8. The first-order valence-electron chi connectivity index (χ1n) is 7.35. The highest BCUT2D eigenvalue weighted by Crippen LogP contribution is 2.22. The molecular weight excluding hydrogens is 322 g/mol. The van der Waals surface area contributed by atoms with Crippen molar-refractivity contribution in [3.8, 4) is 17.7 Å². The van der Waals surface area contributed by atoms with Crippen molar-refractivity contribution >= 4 is 22.8 Å². The maximum atomic E-state index is 10.9. The van der Waals surface area contributed by atoms with Crippen molar-refractivity contribution in [1.29, 1.82) is 0 Å². The average Bonchev–Trinajstić information content (AvgIpc) is 2.89. The molecule has 8 nitrogen and oxygen atoms in total. The zero-order chi connectivity index (χ0) is 18.2. The molecular formula is C17H15N5O3. The van der Waals surface area contributed by atoms with Crippen molar-refractivity contribution in [3.05, 3.63) is 41.7 Å². The van der Waals surface area contributed by atoms with Crippen molar-refractivity contribution in [3.63, 3.8) is 0 Å². The van der Waals surface area contributed by atoms with Gasteiger partial charge >= 0.3 is 5.97 Å². The number of anilines is 1. The summed E-state index contributed by atoms with van der Waals surface area (Å²) in [6.45, 7) is 2.99. The van der Waals surface area contributed by atoms with Crippen LogP contribution in [0.2, 0.25) is 0 Å². The van der Waals surface area contributed by atoms with Gasteiger partial charge in [0.1, 0.15) is 0 Å². The molecule has 0 aliphatic rings. The van der Waals surface area contributed by atoms with Gasteiger partial charge in [0.15, 0.2) is 5.82 Å². The number of nitrogen functional groups attached to an aromatic ring is 1. The highest BCUT2D eigenvalue weighted by molar-refractivity contribution is 5.85. The normalized spacial score (nSPS) is 13.1. The van der Waals surface area contributed by atoms with E-state index < -0.39 is 11.6 Å². The van der Waals surface area contributed by atoms with E-state index >= 15 is 0 Å². The largest absolute Gasteiger partial charge is 0.478 e. The number of nitrogens with two attached hydrogens (primary N) is 1. The third-order valence-electron chi connectivity index (χ3n) is 3.61. The van der Waals surface area contributed by atoms with Crippen LogP contribution in [0, 0.1) is 18.8 Å². The lowest BCUT2D eigenvalue weighted by molar-refractivity contribution is -0.151. The number of rotatable bonds is 2. The molecule has 8 heteroatoms. The molecule has 126 valence electrons. The summed E-state index contributed by atoms with van der Waals surface area (Å²) in [7, 11) is 0. The van der Waals surface area contributed by atoms with Gasteiger partial charge < -0.3 is 15.9 Å². The minimum atomic E-state index is -2.12. The first kappa shape index (κ1) is 16.4. The van der Waals surface area contributed by atoms with E-state index in [2.05, 4.69) is 26.9 Å². The SMILES string of the molecule is Cc1nn(-c2ccnc(N)n2)c2cc(C#CC(C)(O)C(=O)O)ccc12. The fourth-order valence-electron chi connectivity index (χ4n) is 2.25. The second-order valence-corrected chi connectivity index (χ2v) is 5.63. The van der Waals surface area contributed by atoms with Gasteiger partial charge in [0.05, 0.1) is 11.2 Å². The van der Waals surface area contributed by atoms with Crippen molar-refractivity contribution in [1.82, 2.24) is 19.7 Å². The molecule has 2 heterocycles. The lowest BCUT2D eigenvalue weighted by Crippen LogP contribution is -2.32. The Morgan fingerprint density at radius 1 is 1.36 bits per heavy atom. The first-order valence-corrected chi connectivity index (χ1v) is 7.35. The minimum absolute atomic E-state index is 0.132. The van der Waals surface area contributed by atoms with Crippen molar-refractivity contribution in [2.24, 2.45) is 0 Å². The summed E-state index contributed by atoms with van der Waals surface area (Å²) in [5.41, 5.74) is 5.58. The Morgan fingerprint density at radius 2 is 2.12 bits per heavy atom. The summed E-state index contributed by atoms with van der Waals surface area (Å²) >= 11 is 0. The van der Waals surface area contributed by atoms with Crippen LogP contribution in [0.15, 0.2) is 30.5 Å². The Kier molecular flexibility index (Phi) is 3.87. The predicted molar refractivity (Wildman–Crippen MR) is 90.9 cm³/mol. The topological polar surface area (TPSA) is 127 Å². The van der Waals surface area contributed by atoms with E-state index in [-0.39, 0.29) is 5.95 Å². The predicted octanol–water partition coefficient (Wildman–Crippen LogP) is 0.893. The molecule has 3 rings (SSSR count). The molecule has 0 saturated heterocycles. The number of hydrogen-bond acceptors (Lipinski definition) is 6. The van der Waals surface area contributed by atoms with E-state index in [9.17, 15) is 9.90 Å². The van der Waals surface area contributed by atoms with E-state index in [0.717, 1.165) is 23.5 Å². The molecule has 1 aromatic carbocycles. The van der Waals surface area contributed by atoms with Crippen LogP contribution in [0.4, 0.5) is 5.95 Å². The van der Waals surface area contributed by atoms with E-state index in [1.165, 1.54) is 6.20 Å². The zero-order valence-electron chi connectivity index (χ0n) is 13.6. The molecule has 3 aromatic rings. The lowest BCUT2D eigenvalue weighted by Gasteiger charge is -2.08. The second kappa shape index (κ2) is 5.89. The third kappa shape index (κ3) is 3.13. The van der Waals surface area contributed by atoms with Gasteiger partial charge in [-0.15, -0.1) is 0 Å². The van der Waals surface area contributed by atoms with E-state index in [1.807, 2.05) is 13.0 Å². The number of benzene rings is 1. The molecule has 0 aliphatic heterocycles. The van der Waals surface area contributed by atoms with Gasteiger partial charge in [-0.2, -0.15) is 10.1 Å². The molecule has 0 radical (unpaired) electrons. The van der Waals surface area contributed by atoms with Crippen LogP contribution in [-0.4, -0.2) is 41.5 Å². The Morgan fingerprint density at radius 3 is 2.80 bits per heavy atom. The number of aliphatic carboxylic acids is 1. The highest BCUT2D eigenvalue weighted by Gasteiger charge is 2.26. The Balaban J connectivity index is 2.13. The number of aliphatic hydroxyl groups is 1. The number of fused-ring (bicyclic) bond motifs is 1. The second-order valence-electron chi connectivity index (χ2n) is 5.63. The van der Waals surface area contributed by atoms with Gasteiger partial charge in [0.25, 0.3) is 0 Å². The summed E-state index contributed by atoms with van der Waals surface area (Å²) in [6, 6.07) is 6.99. The fourth-order valence-corrected chi connectivity index (χ4v) is 2.25. The standard InChI is InChI=1S/C17H15N5O3/c1-10-12-4-3-11(5-7-17(2,25)15(23)24)9-13(12)22(21-10)14-6-8-19-16(18)20-14/h3-4,6,8-9,25H,1-2H3,(H,23,24)(H2,18,19,20). The zero-order valence-corrected chi connectivity index (χ0v) is 13.6. The number of carbonyl (C=O) groups is 1. The molecule has 0 amide bonds. The molecule has 0 bridgehead atoms. The third-order valence-corrected chi connectivity index (χ3v) is 3.61. The maximum absolute atomic E-state index is 10.9. The van der Waals surface area contributed by atoms with E-state index in [4.69, 9.17) is 10.8 Å². The number of nitrogens with zero attached hydrogens (tertiary/aromatic N) is 4. The quantitative estimate of drug-likeness (QED) is 0.593. The van der Waals surface area contributed by atoms with Gasteiger partial charge in [-0.05, 0) is 32.0 Å². The number of carboxylic acid groups (broad SMARTS) is 1. The van der Waals surface area contributed by atoms with Crippen molar-refractivity contribution < 1.29 is 15.0 Å². The Bertz CT molecular complexity index is 1040. The van der Waals surface area contributed by atoms with Crippen LogP contribution in [0.1, 0.15) is 18.2 Å². The average molecular weight is 337 g/mol. The number of hydrogen-bond donors (Lipinski definition) is 3. The van der Waals surface area contributed by atoms with Gasteiger partial charge in [-0.3, -0.25) is 0 Å². The molecule has 2 aromatic heterocycles. The van der Waals surface area contributed by atoms with Gasteiger partial charge in [0.2, 0.25) is 11.5 Å². The molecule has 0 spiro atoms. The van der Waals surface area contributed by atoms with E-state index in [1.54, 1.807) is 22.9 Å².